The molecule has 0 unspecified atom stereocenters. The standard InChI is InChI=1S/C10H10N4O2S/c1-5-9(7-3-8(16)14-11-4-7)17-10(12-5)13-6(2)15/h3-4H,1-2H3,(H,14,16)(H,12,13,15). The highest BCUT2D eigenvalue weighted by Gasteiger charge is 2.11. The van der Waals surface area contributed by atoms with Crippen LogP contribution in [0.3, 0.4) is 0 Å². The van der Waals surface area contributed by atoms with Gasteiger partial charge in [0.15, 0.2) is 5.13 Å². The first-order valence-corrected chi connectivity index (χ1v) is 5.68. The van der Waals surface area contributed by atoms with Crippen LogP contribution in [-0.4, -0.2) is 21.1 Å². The van der Waals surface area contributed by atoms with E-state index in [9.17, 15) is 9.59 Å². The van der Waals surface area contributed by atoms with E-state index in [0.717, 1.165) is 10.6 Å². The summed E-state index contributed by atoms with van der Waals surface area (Å²) in [5.41, 5.74) is 1.18. The van der Waals surface area contributed by atoms with E-state index in [4.69, 9.17) is 0 Å². The fraction of sp³-hybridized carbons (Fsp3) is 0.200. The maximum atomic E-state index is 11.2. The molecular weight excluding hydrogens is 240 g/mol. The van der Waals surface area contributed by atoms with E-state index in [0.29, 0.717) is 10.7 Å². The Bertz CT molecular complexity index is 617. The summed E-state index contributed by atoms with van der Waals surface area (Å²) in [5.74, 6) is -0.172. The molecule has 2 heterocycles. The minimum Gasteiger partial charge on any atom is -0.302 e. The fourth-order valence-electron chi connectivity index (χ4n) is 1.37. The number of amides is 1. The Balaban J connectivity index is 2.42. The summed E-state index contributed by atoms with van der Waals surface area (Å²) in [6, 6.07) is 1.45. The molecule has 7 heteroatoms. The van der Waals surface area contributed by atoms with Crippen molar-refractivity contribution in [2.75, 3.05) is 5.32 Å². The van der Waals surface area contributed by atoms with Crippen LogP contribution in [-0.2, 0) is 4.79 Å². The minimum absolute atomic E-state index is 0.172. The largest absolute Gasteiger partial charge is 0.302 e. The molecule has 1 amide bonds. The summed E-state index contributed by atoms with van der Waals surface area (Å²) < 4.78 is 0. The third kappa shape index (κ3) is 2.56. The van der Waals surface area contributed by atoms with Gasteiger partial charge < -0.3 is 5.32 Å². The Morgan fingerprint density at radius 2 is 2.29 bits per heavy atom. The zero-order valence-electron chi connectivity index (χ0n) is 9.27. The minimum atomic E-state index is -0.267. The molecule has 88 valence electrons. The number of aromatic amines is 1. The van der Waals surface area contributed by atoms with E-state index >= 15 is 0 Å². The lowest BCUT2D eigenvalue weighted by Crippen LogP contribution is -2.05. The van der Waals surface area contributed by atoms with E-state index < -0.39 is 0 Å². The molecule has 0 fully saturated rings. The van der Waals surface area contributed by atoms with Gasteiger partial charge in [-0.15, -0.1) is 0 Å². The average Bonchev–Trinajstić information content (AvgIpc) is 2.58. The van der Waals surface area contributed by atoms with Gasteiger partial charge in [0.1, 0.15) is 0 Å². The van der Waals surface area contributed by atoms with Crippen molar-refractivity contribution in [2.45, 2.75) is 13.8 Å². The van der Waals surface area contributed by atoms with Crippen LogP contribution < -0.4 is 10.9 Å². The van der Waals surface area contributed by atoms with Gasteiger partial charge in [0.25, 0.3) is 5.56 Å². The molecule has 0 aliphatic rings. The number of thiazole rings is 1. The van der Waals surface area contributed by atoms with Crippen molar-refractivity contribution in [2.24, 2.45) is 0 Å². The second-order valence-corrected chi connectivity index (χ2v) is 4.45. The van der Waals surface area contributed by atoms with Crippen LogP contribution in [0.1, 0.15) is 12.6 Å². The SMILES string of the molecule is CC(=O)Nc1nc(C)c(-c2cn[nH]c(=O)c2)s1. The lowest BCUT2D eigenvalue weighted by atomic mass is 10.2. The van der Waals surface area contributed by atoms with E-state index in [2.05, 4.69) is 20.5 Å². The molecule has 0 aliphatic heterocycles. The zero-order valence-corrected chi connectivity index (χ0v) is 10.1. The van der Waals surface area contributed by atoms with Crippen molar-refractivity contribution in [1.82, 2.24) is 15.2 Å². The number of aryl methyl sites for hydroxylation is 1. The van der Waals surface area contributed by atoms with E-state index in [1.807, 2.05) is 6.92 Å². The smallest absolute Gasteiger partial charge is 0.264 e. The number of nitrogens with zero attached hydrogens (tertiary/aromatic N) is 2. The molecule has 0 bridgehead atoms. The highest BCUT2D eigenvalue weighted by molar-refractivity contribution is 7.19. The quantitative estimate of drug-likeness (QED) is 0.837. The van der Waals surface area contributed by atoms with Gasteiger partial charge in [0, 0.05) is 18.6 Å². The highest BCUT2D eigenvalue weighted by Crippen LogP contribution is 2.31. The molecule has 0 radical (unpaired) electrons. The lowest BCUT2D eigenvalue weighted by molar-refractivity contribution is -0.114. The van der Waals surface area contributed by atoms with Gasteiger partial charge in [-0.2, -0.15) is 5.10 Å². The molecule has 0 saturated carbocycles. The molecule has 0 aromatic carbocycles. The molecule has 0 spiro atoms. The summed E-state index contributed by atoms with van der Waals surface area (Å²) in [5, 5.41) is 9.17. The normalized spacial score (nSPS) is 10.2. The molecule has 0 aliphatic carbocycles. The van der Waals surface area contributed by atoms with Gasteiger partial charge >= 0.3 is 0 Å². The topological polar surface area (TPSA) is 87.7 Å². The van der Waals surface area contributed by atoms with Gasteiger partial charge in [-0.25, -0.2) is 10.1 Å². The number of rotatable bonds is 2. The van der Waals surface area contributed by atoms with Crippen LogP contribution in [0.15, 0.2) is 17.1 Å². The summed E-state index contributed by atoms with van der Waals surface area (Å²) in [4.78, 5) is 27.1. The number of aromatic nitrogens is 3. The molecule has 0 atom stereocenters. The molecule has 2 aromatic heterocycles. The van der Waals surface area contributed by atoms with Crippen LogP contribution in [0.4, 0.5) is 5.13 Å². The Kier molecular flexibility index (Phi) is 3.01. The molecular formula is C10H10N4O2S. The second-order valence-electron chi connectivity index (χ2n) is 3.45. The van der Waals surface area contributed by atoms with Gasteiger partial charge in [-0.05, 0) is 6.92 Å². The van der Waals surface area contributed by atoms with E-state index in [-0.39, 0.29) is 11.5 Å². The van der Waals surface area contributed by atoms with Gasteiger partial charge in [0.05, 0.1) is 16.8 Å². The van der Waals surface area contributed by atoms with Gasteiger partial charge in [-0.3, -0.25) is 9.59 Å². The highest BCUT2D eigenvalue weighted by atomic mass is 32.1. The van der Waals surface area contributed by atoms with Crippen LogP contribution >= 0.6 is 11.3 Å². The summed E-state index contributed by atoms with van der Waals surface area (Å²) in [6.45, 7) is 3.24. The fourth-order valence-corrected chi connectivity index (χ4v) is 2.36. The number of anilines is 1. The molecule has 17 heavy (non-hydrogen) atoms. The first kappa shape index (κ1) is 11.5. The van der Waals surface area contributed by atoms with Crippen molar-refractivity contribution in [3.05, 3.63) is 28.3 Å². The predicted molar refractivity (Wildman–Crippen MR) is 65.0 cm³/mol. The Morgan fingerprint density at radius 3 is 2.94 bits per heavy atom. The van der Waals surface area contributed by atoms with E-state index in [1.54, 1.807) is 6.20 Å². The third-order valence-corrected chi connectivity index (χ3v) is 3.13. The lowest BCUT2D eigenvalue weighted by Gasteiger charge is -1.95. The monoisotopic (exact) mass is 250 g/mol. The molecule has 2 rings (SSSR count). The van der Waals surface area contributed by atoms with Gasteiger partial charge in [0.2, 0.25) is 5.91 Å². The van der Waals surface area contributed by atoms with Crippen LogP contribution in [0, 0.1) is 6.92 Å². The summed E-state index contributed by atoms with van der Waals surface area (Å²) in [6.07, 6.45) is 1.56. The predicted octanol–water partition coefficient (Wildman–Crippen LogP) is 1.16. The summed E-state index contributed by atoms with van der Waals surface area (Å²) >= 11 is 1.31. The number of H-pyrrole nitrogens is 1. The van der Waals surface area contributed by atoms with Crippen molar-refractivity contribution >= 4 is 22.4 Å². The van der Waals surface area contributed by atoms with Crippen LogP contribution in [0.5, 0.6) is 0 Å². The van der Waals surface area contributed by atoms with Crippen LogP contribution in [0.25, 0.3) is 10.4 Å². The number of hydrogen-bond donors (Lipinski definition) is 2. The van der Waals surface area contributed by atoms with Gasteiger partial charge in [-0.1, -0.05) is 11.3 Å². The van der Waals surface area contributed by atoms with Crippen molar-refractivity contribution < 1.29 is 4.79 Å². The maximum Gasteiger partial charge on any atom is 0.264 e. The second kappa shape index (κ2) is 4.46. The number of nitrogens with one attached hydrogen (secondary N) is 2. The number of carbonyl (C=O) groups excluding carboxylic acids is 1. The Morgan fingerprint density at radius 1 is 1.53 bits per heavy atom. The zero-order chi connectivity index (χ0) is 12.4. The maximum absolute atomic E-state index is 11.2. The third-order valence-electron chi connectivity index (χ3n) is 2.01. The van der Waals surface area contributed by atoms with Crippen molar-refractivity contribution in [3.63, 3.8) is 0 Å². The van der Waals surface area contributed by atoms with Crippen molar-refractivity contribution in [1.29, 1.82) is 0 Å². The van der Waals surface area contributed by atoms with E-state index in [1.165, 1.54) is 24.3 Å². The number of carbonyl (C=O) groups is 1. The van der Waals surface area contributed by atoms with Crippen LogP contribution in [0.2, 0.25) is 0 Å². The number of hydrogen-bond acceptors (Lipinski definition) is 5. The summed E-state index contributed by atoms with van der Waals surface area (Å²) in [7, 11) is 0. The first-order valence-electron chi connectivity index (χ1n) is 4.86. The first-order chi connectivity index (χ1) is 8.06. The Hall–Kier alpha value is -2.02. The molecule has 2 aromatic rings. The Labute approximate surface area is 101 Å². The molecule has 6 nitrogen and oxygen atoms in total. The molecule has 0 saturated heterocycles. The molecule has 2 N–H and O–H groups in total. The average molecular weight is 250 g/mol. The van der Waals surface area contributed by atoms with Crippen molar-refractivity contribution in [3.8, 4) is 10.4 Å².